The molecule has 1 aliphatic rings. The zero-order valence-corrected chi connectivity index (χ0v) is 12.9. The van der Waals surface area contributed by atoms with Crippen LogP contribution in [0.5, 0.6) is 0 Å². The van der Waals surface area contributed by atoms with Gasteiger partial charge in [-0.1, -0.05) is 36.4 Å². The van der Waals surface area contributed by atoms with Crippen molar-refractivity contribution in [2.45, 2.75) is 31.7 Å². The summed E-state index contributed by atoms with van der Waals surface area (Å²) in [6.45, 7) is 0.839. The average molecular weight is 334 g/mol. The molecule has 2 aromatic carbocycles. The zero-order chi connectivity index (χ0) is 17.2. The van der Waals surface area contributed by atoms with Crippen LogP contribution in [-0.2, 0) is 30.5 Å². The quantitative estimate of drug-likeness (QED) is 0.906. The summed E-state index contributed by atoms with van der Waals surface area (Å²) in [5.74, 6) is -0.149. The molecule has 0 saturated heterocycles. The molecule has 0 aliphatic carbocycles. The van der Waals surface area contributed by atoms with Gasteiger partial charge in [0.1, 0.15) is 0 Å². The molecule has 3 rings (SSSR count). The maximum absolute atomic E-state index is 12.5. The predicted octanol–water partition coefficient (Wildman–Crippen LogP) is 3.04. The van der Waals surface area contributed by atoms with Crippen LogP contribution in [-0.4, -0.2) is 11.9 Å². The van der Waals surface area contributed by atoms with Gasteiger partial charge in [0.25, 0.3) is 0 Å². The van der Waals surface area contributed by atoms with Gasteiger partial charge in [0, 0.05) is 13.1 Å². The Balaban J connectivity index is 1.56. The third kappa shape index (κ3) is 3.76. The number of hydrogen-bond acceptors (Lipinski definition) is 2. The molecule has 1 heterocycles. The second kappa shape index (κ2) is 6.65. The van der Waals surface area contributed by atoms with Gasteiger partial charge in [-0.05, 0) is 35.2 Å². The molecule has 24 heavy (non-hydrogen) atoms. The van der Waals surface area contributed by atoms with Crippen molar-refractivity contribution in [1.82, 2.24) is 10.6 Å². The number of carbonyl (C=O) groups excluding carboxylic acids is 1. The fraction of sp³-hybridized carbons (Fsp3) is 0.278. The fourth-order valence-electron chi connectivity index (χ4n) is 2.76. The molecule has 1 amide bonds. The third-order valence-electron chi connectivity index (χ3n) is 4.15. The van der Waals surface area contributed by atoms with Crippen LogP contribution in [0.15, 0.2) is 48.5 Å². The number of nitrogens with one attached hydrogen (secondary N) is 2. The predicted molar refractivity (Wildman–Crippen MR) is 84.1 cm³/mol. The summed E-state index contributed by atoms with van der Waals surface area (Å²) in [7, 11) is 0. The maximum Gasteiger partial charge on any atom is 0.416 e. The largest absolute Gasteiger partial charge is 0.416 e. The van der Waals surface area contributed by atoms with E-state index in [0.29, 0.717) is 18.5 Å². The van der Waals surface area contributed by atoms with E-state index in [1.807, 2.05) is 24.3 Å². The minimum absolute atomic E-state index is 0.149. The molecule has 3 nitrogen and oxygen atoms in total. The summed E-state index contributed by atoms with van der Waals surface area (Å²) in [5.41, 5.74) is 2.27. The first-order valence-corrected chi connectivity index (χ1v) is 7.67. The highest BCUT2D eigenvalue weighted by molar-refractivity contribution is 5.82. The topological polar surface area (TPSA) is 41.1 Å². The van der Waals surface area contributed by atoms with Crippen molar-refractivity contribution in [1.29, 1.82) is 0 Å². The van der Waals surface area contributed by atoms with Crippen LogP contribution in [0.3, 0.4) is 0 Å². The van der Waals surface area contributed by atoms with E-state index in [4.69, 9.17) is 0 Å². The molecule has 2 N–H and O–H groups in total. The normalized spacial score (nSPS) is 17.2. The molecule has 0 spiro atoms. The maximum atomic E-state index is 12.5. The second-order valence-electron chi connectivity index (χ2n) is 5.82. The molecule has 0 fully saturated rings. The Morgan fingerprint density at radius 3 is 2.42 bits per heavy atom. The van der Waals surface area contributed by atoms with Crippen LogP contribution >= 0.6 is 0 Å². The van der Waals surface area contributed by atoms with E-state index in [-0.39, 0.29) is 18.5 Å². The fourth-order valence-corrected chi connectivity index (χ4v) is 2.76. The lowest BCUT2D eigenvalue weighted by atomic mass is 9.95. The lowest BCUT2D eigenvalue weighted by Crippen LogP contribution is -2.47. The van der Waals surface area contributed by atoms with E-state index < -0.39 is 11.7 Å². The Kier molecular flexibility index (Phi) is 4.57. The minimum atomic E-state index is -4.35. The van der Waals surface area contributed by atoms with E-state index >= 15 is 0 Å². The highest BCUT2D eigenvalue weighted by atomic mass is 19.4. The highest BCUT2D eigenvalue weighted by Crippen LogP contribution is 2.29. The average Bonchev–Trinajstić information content (AvgIpc) is 2.59. The van der Waals surface area contributed by atoms with Crippen molar-refractivity contribution in [2.75, 3.05) is 0 Å². The molecule has 0 saturated carbocycles. The number of hydrogen-bond donors (Lipinski definition) is 2. The molecule has 6 heteroatoms. The van der Waals surface area contributed by atoms with Gasteiger partial charge < -0.3 is 10.6 Å². The number of halogens is 3. The van der Waals surface area contributed by atoms with Crippen LogP contribution in [0.1, 0.15) is 22.3 Å². The summed E-state index contributed by atoms with van der Waals surface area (Å²) >= 11 is 0. The molecule has 0 aromatic heterocycles. The van der Waals surface area contributed by atoms with E-state index in [9.17, 15) is 18.0 Å². The highest BCUT2D eigenvalue weighted by Gasteiger charge is 2.30. The number of fused-ring (bicyclic) bond motifs is 1. The van der Waals surface area contributed by atoms with Crippen molar-refractivity contribution in [3.8, 4) is 0 Å². The number of alkyl halides is 3. The summed E-state index contributed by atoms with van der Waals surface area (Å²) in [6, 6.07) is 12.4. The molecular formula is C18H17F3N2O. The Labute approximate surface area is 137 Å². The van der Waals surface area contributed by atoms with Crippen molar-refractivity contribution in [2.24, 2.45) is 0 Å². The number of rotatable bonds is 3. The van der Waals surface area contributed by atoms with Gasteiger partial charge in [-0.3, -0.25) is 4.79 Å². The van der Waals surface area contributed by atoms with E-state index in [2.05, 4.69) is 10.6 Å². The van der Waals surface area contributed by atoms with E-state index in [1.165, 1.54) is 17.7 Å². The molecular weight excluding hydrogens is 317 g/mol. The molecule has 1 unspecified atom stereocenters. The Morgan fingerprint density at radius 1 is 1.08 bits per heavy atom. The Hall–Kier alpha value is -2.34. The van der Waals surface area contributed by atoms with E-state index in [0.717, 1.165) is 17.7 Å². The summed E-state index contributed by atoms with van der Waals surface area (Å²) < 4.78 is 37.6. The van der Waals surface area contributed by atoms with Crippen LogP contribution in [0.4, 0.5) is 13.2 Å². The van der Waals surface area contributed by atoms with Gasteiger partial charge in [0.2, 0.25) is 5.91 Å². The lowest BCUT2D eigenvalue weighted by molar-refractivity contribution is -0.137. The first kappa shape index (κ1) is 16.5. The smallest absolute Gasteiger partial charge is 0.351 e. The third-order valence-corrected chi connectivity index (χ3v) is 4.15. The van der Waals surface area contributed by atoms with Crippen molar-refractivity contribution in [3.05, 3.63) is 70.8 Å². The molecule has 2 aromatic rings. The number of carbonyl (C=O) groups is 1. The van der Waals surface area contributed by atoms with Crippen LogP contribution < -0.4 is 10.6 Å². The SMILES string of the molecule is O=C(NCc1ccc(C(F)(F)F)cc1)C1Cc2ccccc2CN1. The number of amides is 1. The summed E-state index contributed by atoms with van der Waals surface area (Å²) in [6.07, 6.45) is -3.74. The van der Waals surface area contributed by atoms with Crippen molar-refractivity contribution in [3.63, 3.8) is 0 Å². The van der Waals surface area contributed by atoms with Crippen LogP contribution in [0.2, 0.25) is 0 Å². The van der Waals surface area contributed by atoms with Crippen LogP contribution in [0, 0.1) is 0 Å². The lowest BCUT2D eigenvalue weighted by Gasteiger charge is -2.25. The Bertz CT molecular complexity index is 726. The summed E-state index contributed by atoms with van der Waals surface area (Å²) in [4.78, 5) is 12.3. The first-order chi connectivity index (χ1) is 11.4. The van der Waals surface area contributed by atoms with Crippen molar-refractivity contribution < 1.29 is 18.0 Å². The zero-order valence-electron chi connectivity index (χ0n) is 12.9. The van der Waals surface area contributed by atoms with E-state index in [1.54, 1.807) is 0 Å². The Morgan fingerprint density at radius 2 is 1.75 bits per heavy atom. The van der Waals surface area contributed by atoms with Gasteiger partial charge in [-0.25, -0.2) is 0 Å². The molecule has 1 atom stereocenters. The summed E-state index contributed by atoms with van der Waals surface area (Å²) in [5, 5.41) is 5.95. The monoisotopic (exact) mass is 334 g/mol. The second-order valence-corrected chi connectivity index (χ2v) is 5.82. The minimum Gasteiger partial charge on any atom is -0.351 e. The van der Waals surface area contributed by atoms with Gasteiger partial charge in [-0.2, -0.15) is 13.2 Å². The van der Waals surface area contributed by atoms with Crippen molar-refractivity contribution >= 4 is 5.91 Å². The van der Waals surface area contributed by atoms with Gasteiger partial charge in [0.05, 0.1) is 11.6 Å². The molecule has 1 aliphatic heterocycles. The van der Waals surface area contributed by atoms with Gasteiger partial charge in [0.15, 0.2) is 0 Å². The number of benzene rings is 2. The molecule has 0 bridgehead atoms. The molecule has 126 valence electrons. The van der Waals surface area contributed by atoms with Crippen LogP contribution in [0.25, 0.3) is 0 Å². The standard InChI is InChI=1S/C18H17F3N2O/c19-18(20,21)15-7-5-12(6-8-15)10-23-17(24)16-9-13-3-1-2-4-14(13)11-22-16/h1-8,16,22H,9-11H2,(H,23,24). The molecule has 0 radical (unpaired) electrons. The van der Waals surface area contributed by atoms with Gasteiger partial charge >= 0.3 is 6.18 Å². The van der Waals surface area contributed by atoms with Gasteiger partial charge in [-0.15, -0.1) is 0 Å². The first-order valence-electron chi connectivity index (χ1n) is 7.67.